The second-order valence-corrected chi connectivity index (χ2v) is 4.78. The number of aromatic hydroxyl groups is 1. The van der Waals surface area contributed by atoms with Gasteiger partial charge in [0.2, 0.25) is 5.88 Å². The molecule has 98 valence electrons. The number of hydrogen-bond donors (Lipinski definition) is 3. The maximum absolute atomic E-state index is 11.6. The molecule has 0 atom stereocenters. The van der Waals surface area contributed by atoms with E-state index in [0.29, 0.717) is 15.7 Å². The van der Waals surface area contributed by atoms with Crippen LogP contribution in [-0.2, 0) is 0 Å². The van der Waals surface area contributed by atoms with Gasteiger partial charge in [-0.1, -0.05) is 23.2 Å². The largest absolute Gasteiger partial charge is 0.494 e. The average Bonchev–Trinajstić information content (AvgIpc) is 2.32. The summed E-state index contributed by atoms with van der Waals surface area (Å²) in [4.78, 5) is 20.3. The molecule has 1 aromatic heterocycles. The van der Waals surface area contributed by atoms with Gasteiger partial charge in [0.15, 0.2) is 4.77 Å². The molecule has 19 heavy (non-hydrogen) atoms. The third kappa shape index (κ3) is 3.23. The number of nitrogens with zero attached hydrogens (tertiary/aromatic N) is 1. The highest BCUT2D eigenvalue weighted by Crippen LogP contribution is 2.27. The smallest absolute Gasteiger partial charge is 0.264 e. The highest BCUT2D eigenvalue weighted by molar-refractivity contribution is 7.71. The van der Waals surface area contributed by atoms with Crippen molar-refractivity contribution in [1.82, 2.24) is 9.97 Å². The molecule has 5 nitrogen and oxygen atoms in total. The molecule has 0 aliphatic heterocycles. The molecule has 2 rings (SSSR count). The third-order valence-electron chi connectivity index (χ3n) is 2.20. The minimum atomic E-state index is -0.553. The fourth-order valence-electron chi connectivity index (χ4n) is 1.32. The van der Waals surface area contributed by atoms with Crippen LogP contribution in [0.2, 0.25) is 10.0 Å². The molecule has 0 saturated carbocycles. The molecule has 1 aromatic carbocycles. The summed E-state index contributed by atoms with van der Waals surface area (Å²) in [5, 5.41) is 10.4. The lowest BCUT2D eigenvalue weighted by Gasteiger charge is -1.99. The number of halogens is 2. The number of hydrogen-bond acceptors (Lipinski definition) is 4. The molecule has 0 saturated heterocycles. The Bertz CT molecular complexity index is 767. The summed E-state index contributed by atoms with van der Waals surface area (Å²) in [7, 11) is 0. The SMILES string of the molecule is O=c1[nH]c(=S)[nH]c(O)c1C=Nc1cc(Cl)ccc1Cl. The van der Waals surface area contributed by atoms with E-state index in [1.165, 1.54) is 12.3 Å². The van der Waals surface area contributed by atoms with E-state index in [1.807, 2.05) is 0 Å². The Kier molecular flexibility index (Phi) is 4.04. The van der Waals surface area contributed by atoms with Gasteiger partial charge in [0.25, 0.3) is 5.56 Å². The second-order valence-electron chi connectivity index (χ2n) is 3.52. The summed E-state index contributed by atoms with van der Waals surface area (Å²) in [5.41, 5.74) is -0.219. The van der Waals surface area contributed by atoms with Crippen molar-refractivity contribution < 1.29 is 5.11 Å². The number of aromatic amines is 2. The molecule has 0 amide bonds. The Morgan fingerprint density at radius 3 is 2.74 bits per heavy atom. The predicted molar refractivity (Wildman–Crippen MR) is 77.6 cm³/mol. The lowest BCUT2D eigenvalue weighted by Crippen LogP contribution is -2.13. The highest BCUT2D eigenvalue weighted by atomic mass is 35.5. The van der Waals surface area contributed by atoms with Gasteiger partial charge in [0.05, 0.1) is 10.7 Å². The quantitative estimate of drug-likeness (QED) is 0.588. The molecule has 3 N–H and O–H groups in total. The lowest BCUT2D eigenvalue weighted by atomic mass is 10.3. The third-order valence-corrected chi connectivity index (χ3v) is 2.96. The van der Waals surface area contributed by atoms with Crippen LogP contribution in [0.1, 0.15) is 5.56 Å². The molecule has 0 unspecified atom stereocenters. The number of benzene rings is 1. The van der Waals surface area contributed by atoms with E-state index < -0.39 is 5.56 Å². The van der Waals surface area contributed by atoms with Crippen molar-refractivity contribution in [3.05, 3.63) is 48.9 Å². The Hall–Kier alpha value is -1.63. The fourth-order valence-corrected chi connectivity index (χ4v) is 1.84. The predicted octanol–water partition coefficient (Wildman–Crippen LogP) is 3.20. The van der Waals surface area contributed by atoms with Gasteiger partial charge in [-0.25, -0.2) is 0 Å². The molecule has 2 aromatic rings. The van der Waals surface area contributed by atoms with Crippen LogP contribution >= 0.6 is 35.4 Å². The summed E-state index contributed by atoms with van der Waals surface area (Å²) in [6.07, 6.45) is 1.18. The van der Waals surface area contributed by atoms with Crippen molar-refractivity contribution in [3.63, 3.8) is 0 Å². The minimum absolute atomic E-state index is 0.0282. The number of nitrogens with one attached hydrogen (secondary N) is 2. The number of aliphatic imine (C=N–C) groups is 1. The van der Waals surface area contributed by atoms with Crippen molar-refractivity contribution in [2.75, 3.05) is 0 Å². The van der Waals surface area contributed by atoms with E-state index in [0.717, 1.165) is 0 Å². The standard InChI is InChI=1S/C11H7Cl2N3O2S/c12-5-1-2-7(13)8(3-5)14-4-6-9(17)15-11(19)16-10(6)18/h1-4H,(H3,15,16,17,18,19). The first-order chi connectivity index (χ1) is 8.97. The van der Waals surface area contributed by atoms with Gasteiger partial charge < -0.3 is 10.1 Å². The lowest BCUT2D eigenvalue weighted by molar-refractivity contribution is 0.449. The van der Waals surface area contributed by atoms with Crippen LogP contribution in [-0.4, -0.2) is 21.3 Å². The number of H-pyrrole nitrogens is 2. The molecule has 0 fully saturated rings. The van der Waals surface area contributed by atoms with E-state index in [-0.39, 0.29) is 16.2 Å². The van der Waals surface area contributed by atoms with Crippen molar-refractivity contribution in [2.24, 2.45) is 4.99 Å². The van der Waals surface area contributed by atoms with Gasteiger partial charge in [0, 0.05) is 11.2 Å². The van der Waals surface area contributed by atoms with E-state index in [9.17, 15) is 9.90 Å². The van der Waals surface area contributed by atoms with Gasteiger partial charge in [-0.3, -0.25) is 14.8 Å². The van der Waals surface area contributed by atoms with Crippen LogP contribution in [0, 0.1) is 4.77 Å². The normalized spacial score (nSPS) is 11.1. The summed E-state index contributed by atoms with van der Waals surface area (Å²) in [5.74, 6) is -0.365. The zero-order valence-electron chi connectivity index (χ0n) is 9.28. The van der Waals surface area contributed by atoms with E-state index in [2.05, 4.69) is 15.0 Å². The van der Waals surface area contributed by atoms with E-state index in [1.54, 1.807) is 12.1 Å². The average molecular weight is 316 g/mol. The molecule has 0 radical (unpaired) electrons. The van der Waals surface area contributed by atoms with Crippen molar-refractivity contribution in [3.8, 4) is 5.88 Å². The van der Waals surface area contributed by atoms with Crippen LogP contribution in [0.15, 0.2) is 28.0 Å². The molecular weight excluding hydrogens is 309 g/mol. The number of aromatic nitrogens is 2. The van der Waals surface area contributed by atoms with Gasteiger partial charge in [-0.05, 0) is 30.4 Å². The molecule has 0 spiro atoms. The Morgan fingerprint density at radius 2 is 2.05 bits per heavy atom. The van der Waals surface area contributed by atoms with E-state index in [4.69, 9.17) is 35.4 Å². The van der Waals surface area contributed by atoms with Crippen LogP contribution in [0.3, 0.4) is 0 Å². The fraction of sp³-hybridized carbons (Fsp3) is 0. The zero-order valence-corrected chi connectivity index (χ0v) is 11.6. The molecule has 8 heteroatoms. The summed E-state index contributed by atoms with van der Waals surface area (Å²) >= 11 is 16.4. The first-order valence-electron chi connectivity index (χ1n) is 5.02. The molecule has 1 heterocycles. The maximum Gasteiger partial charge on any atom is 0.264 e. The topological polar surface area (TPSA) is 81.2 Å². The van der Waals surface area contributed by atoms with Gasteiger partial charge in [-0.15, -0.1) is 0 Å². The first kappa shape index (κ1) is 13.8. The molecule has 0 aliphatic carbocycles. The van der Waals surface area contributed by atoms with Crippen LogP contribution in [0.4, 0.5) is 5.69 Å². The van der Waals surface area contributed by atoms with E-state index >= 15 is 0 Å². The van der Waals surface area contributed by atoms with Crippen molar-refractivity contribution in [2.45, 2.75) is 0 Å². The summed E-state index contributed by atoms with van der Waals surface area (Å²) in [6.45, 7) is 0. The summed E-state index contributed by atoms with van der Waals surface area (Å²) < 4.78 is 0.0282. The van der Waals surface area contributed by atoms with Gasteiger partial charge in [0.1, 0.15) is 5.56 Å². The molecular formula is C11H7Cl2N3O2S. The molecule has 0 aliphatic rings. The number of rotatable bonds is 2. The van der Waals surface area contributed by atoms with Gasteiger partial charge >= 0.3 is 0 Å². The zero-order chi connectivity index (χ0) is 14.0. The Labute approximate surface area is 122 Å². The minimum Gasteiger partial charge on any atom is -0.494 e. The Morgan fingerprint density at radius 1 is 1.32 bits per heavy atom. The maximum atomic E-state index is 11.6. The molecule has 0 bridgehead atoms. The van der Waals surface area contributed by atoms with Crippen molar-refractivity contribution in [1.29, 1.82) is 0 Å². The van der Waals surface area contributed by atoms with Crippen LogP contribution in [0.25, 0.3) is 0 Å². The van der Waals surface area contributed by atoms with Gasteiger partial charge in [-0.2, -0.15) is 0 Å². The second kappa shape index (κ2) is 5.56. The first-order valence-corrected chi connectivity index (χ1v) is 6.18. The summed E-state index contributed by atoms with van der Waals surface area (Å²) in [6, 6.07) is 4.74. The monoisotopic (exact) mass is 315 g/mol. The van der Waals surface area contributed by atoms with Crippen molar-refractivity contribution >= 4 is 47.3 Å². The van der Waals surface area contributed by atoms with Crippen LogP contribution in [0.5, 0.6) is 5.88 Å². The van der Waals surface area contributed by atoms with Crippen LogP contribution < -0.4 is 5.56 Å². The highest BCUT2D eigenvalue weighted by Gasteiger charge is 2.05. The Balaban J connectivity index is 2.46.